The molecule has 0 amide bonds. The topological polar surface area (TPSA) is 78.9 Å². The average molecular weight is 849 g/mol. The van der Waals surface area contributed by atoms with Crippen molar-refractivity contribution < 1.29 is 28.6 Å². The van der Waals surface area contributed by atoms with Crippen LogP contribution in [0, 0.1) is 5.92 Å². The fourth-order valence-electron chi connectivity index (χ4n) is 8.22. The Bertz CT molecular complexity index is 903. The summed E-state index contributed by atoms with van der Waals surface area (Å²) in [5, 5.41) is 0. The number of ether oxygens (including phenoxy) is 3. The molecule has 0 aliphatic rings. The van der Waals surface area contributed by atoms with E-state index >= 15 is 0 Å². The smallest absolute Gasteiger partial charge is 0.306 e. The second kappa shape index (κ2) is 48.4. The summed E-state index contributed by atoms with van der Waals surface area (Å²) in [6.45, 7) is 9.04. The molecule has 0 aliphatic carbocycles. The van der Waals surface area contributed by atoms with Gasteiger partial charge in [0.25, 0.3) is 0 Å². The summed E-state index contributed by atoms with van der Waals surface area (Å²) < 4.78 is 16.8. The quantitative estimate of drug-likeness (QED) is 0.0345. The Morgan fingerprint density at radius 1 is 0.317 bits per heavy atom. The van der Waals surface area contributed by atoms with Gasteiger partial charge in [0.1, 0.15) is 13.2 Å². The molecule has 0 N–H and O–H groups in total. The van der Waals surface area contributed by atoms with E-state index in [1.165, 1.54) is 199 Å². The Morgan fingerprint density at radius 2 is 0.550 bits per heavy atom. The second-order valence-corrected chi connectivity index (χ2v) is 19.0. The Kier molecular flexibility index (Phi) is 47.2. The molecule has 0 rings (SSSR count). The summed E-state index contributed by atoms with van der Waals surface area (Å²) >= 11 is 0. The SMILES string of the molecule is CCCCCCCCCCCCCCCCC(=O)OC[C@H](COC(=O)CCCCCCCCCCCCCCCC(C)C)OC(=O)CCCCCCCCCCCCCC. The molecule has 1 atom stereocenters. The van der Waals surface area contributed by atoms with Gasteiger partial charge in [-0.2, -0.15) is 0 Å². The molecule has 6 heteroatoms. The number of esters is 3. The zero-order valence-electron chi connectivity index (χ0n) is 40.9. The van der Waals surface area contributed by atoms with Gasteiger partial charge in [0, 0.05) is 19.3 Å². The van der Waals surface area contributed by atoms with E-state index in [9.17, 15) is 14.4 Å². The summed E-state index contributed by atoms with van der Waals surface area (Å²) in [6.07, 6.45) is 50.8. The maximum Gasteiger partial charge on any atom is 0.306 e. The molecule has 0 fully saturated rings. The highest BCUT2D eigenvalue weighted by Crippen LogP contribution is 2.17. The van der Waals surface area contributed by atoms with E-state index in [0.29, 0.717) is 19.3 Å². The number of hydrogen-bond acceptors (Lipinski definition) is 6. The largest absolute Gasteiger partial charge is 0.462 e. The Morgan fingerprint density at radius 3 is 0.817 bits per heavy atom. The summed E-state index contributed by atoms with van der Waals surface area (Å²) in [5.41, 5.74) is 0. The van der Waals surface area contributed by atoms with Crippen molar-refractivity contribution in [1.82, 2.24) is 0 Å². The standard InChI is InChI=1S/C54H104O6/c1-5-7-9-11-13-15-17-19-22-26-29-33-37-41-45-52(55)58-48-51(60-54(57)47-43-39-35-31-25-18-16-14-12-10-8-6-2)49-59-53(56)46-42-38-34-30-27-23-20-21-24-28-32-36-40-44-50(3)4/h50-51H,5-49H2,1-4H3/t51-/m1/s1. The molecule has 0 aliphatic heterocycles. The van der Waals surface area contributed by atoms with Crippen molar-refractivity contribution in [2.24, 2.45) is 5.92 Å². The van der Waals surface area contributed by atoms with Crippen LogP contribution in [0.2, 0.25) is 0 Å². The van der Waals surface area contributed by atoms with E-state index in [1.807, 2.05) is 0 Å². The second-order valence-electron chi connectivity index (χ2n) is 19.0. The van der Waals surface area contributed by atoms with Crippen LogP contribution in [-0.2, 0) is 28.6 Å². The lowest BCUT2D eigenvalue weighted by molar-refractivity contribution is -0.167. The molecule has 0 saturated carbocycles. The average Bonchev–Trinajstić information content (AvgIpc) is 3.23. The monoisotopic (exact) mass is 849 g/mol. The first-order chi connectivity index (χ1) is 29.4. The fourth-order valence-corrected chi connectivity index (χ4v) is 8.22. The van der Waals surface area contributed by atoms with Crippen molar-refractivity contribution in [2.75, 3.05) is 13.2 Å². The molecular weight excluding hydrogens is 745 g/mol. The van der Waals surface area contributed by atoms with Crippen molar-refractivity contribution in [3.05, 3.63) is 0 Å². The van der Waals surface area contributed by atoms with Crippen molar-refractivity contribution in [1.29, 1.82) is 0 Å². The summed E-state index contributed by atoms with van der Waals surface area (Å²) in [4.78, 5) is 38.0. The number of carbonyl (C=O) groups excluding carboxylic acids is 3. The highest BCUT2D eigenvalue weighted by Gasteiger charge is 2.19. The van der Waals surface area contributed by atoms with Crippen LogP contribution in [0.3, 0.4) is 0 Å². The van der Waals surface area contributed by atoms with Gasteiger partial charge in [0.15, 0.2) is 6.10 Å². The van der Waals surface area contributed by atoms with Crippen LogP contribution in [0.1, 0.15) is 304 Å². The number of hydrogen-bond donors (Lipinski definition) is 0. The van der Waals surface area contributed by atoms with Gasteiger partial charge >= 0.3 is 17.9 Å². The normalized spacial score (nSPS) is 11.9. The van der Waals surface area contributed by atoms with Gasteiger partial charge in [-0.25, -0.2) is 0 Å². The minimum Gasteiger partial charge on any atom is -0.462 e. The summed E-state index contributed by atoms with van der Waals surface area (Å²) in [5.74, 6) is -0.00107. The lowest BCUT2D eigenvalue weighted by Crippen LogP contribution is -2.30. The van der Waals surface area contributed by atoms with Gasteiger partial charge in [0.2, 0.25) is 0 Å². The highest BCUT2D eigenvalue weighted by atomic mass is 16.6. The fraction of sp³-hybridized carbons (Fsp3) is 0.944. The number of unbranched alkanes of at least 4 members (excludes halogenated alkanes) is 36. The van der Waals surface area contributed by atoms with Gasteiger partial charge in [-0.15, -0.1) is 0 Å². The molecule has 0 aromatic carbocycles. The first-order valence-corrected chi connectivity index (χ1v) is 26.9. The van der Waals surface area contributed by atoms with Crippen LogP contribution in [0.4, 0.5) is 0 Å². The van der Waals surface area contributed by atoms with E-state index in [0.717, 1.165) is 63.7 Å². The molecule has 6 nitrogen and oxygen atoms in total. The van der Waals surface area contributed by atoms with Gasteiger partial charge in [-0.1, -0.05) is 265 Å². The van der Waals surface area contributed by atoms with Gasteiger partial charge < -0.3 is 14.2 Å². The van der Waals surface area contributed by atoms with E-state index in [4.69, 9.17) is 14.2 Å². The first-order valence-electron chi connectivity index (χ1n) is 26.9. The van der Waals surface area contributed by atoms with Crippen LogP contribution in [-0.4, -0.2) is 37.2 Å². The third-order valence-electron chi connectivity index (χ3n) is 12.3. The van der Waals surface area contributed by atoms with Crippen molar-refractivity contribution in [3.63, 3.8) is 0 Å². The molecular formula is C54H104O6. The Balaban J connectivity index is 4.29. The van der Waals surface area contributed by atoms with Gasteiger partial charge in [-0.05, 0) is 25.2 Å². The van der Waals surface area contributed by atoms with Crippen molar-refractivity contribution in [3.8, 4) is 0 Å². The molecule has 0 heterocycles. The third-order valence-corrected chi connectivity index (χ3v) is 12.3. The van der Waals surface area contributed by atoms with Crippen LogP contribution in [0.15, 0.2) is 0 Å². The van der Waals surface area contributed by atoms with E-state index in [2.05, 4.69) is 27.7 Å². The summed E-state index contributed by atoms with van der Waals surface area (Å²) in [6, 6.07) is 0. The Hall–Kier alpha value is -1.59. The van der Waals surface area contributed by atoms with Crippen LogP contribution in [0.5, 0.6) is 0 Å². The zero-order chi connectivity index (χ0) is 43.8. The molecule has 0 radical (unpaired) electrons. The van der Waals surface area contributed by atoms with Gasteiger partial charge in [-0.3, -0.25) is 14.4 Å². The lowest BCUT2D eigenvalue weighted by atomic mass is 10.0. The number of rotatable bonds is 49. The van der Waals surface area contributed by atoms with E-state index < -0.39 is 6.10 Å². The summed E-state index contributed by atoms with van der Waals surface area (Å²) in [7, 11) is 0. The molecule has 0 bridgehead atoms. The maximum absolute atomic E-state index is 12.8. The van der Waals surface area contributed by atoms with Crippen LogP contribution >= 0.6 is 0 Å². The molecule has 356 valence electrons. The van der Waals surface area contributed by atoms with E-state index in [-0.39, 0.29) is 31.1 Å². The molecule has 60 heavy (non-hydrogen) atoms. The maximum atomic E-state index is 12.8. The number of carbonyl (C=O) groups is 3. The molecule has 0 aromatic heterocycles. The molecule has 0 aromatic rings. The molecule has 0 spiro atoms. The van der Waals surface area contributed by atoms with E-state index in [1.54, 1.807) is 0 Å². The molecule has 0 unspecified atom stereocenters. The first kappa shape index (κ1) is 58.4. The van der Waals surface area contributed by atoms with Crippen LogP contribution < -0.4 is 0 Å². The van der Waals surface area contributed by atoms with Crippen LogP contribution in [0.25, 0.3) is 0 Å². The van der Waals surface area contributed by atoms with Crippen molar-refractivity contribution >= 4 is 17.9 Å². The third kappa shape index (κ3) is 47.5. The highest BCUT2D eigenvalue weighted by molar-refractivity contribution is 5.71. The minimum absolute atomic E-state index is 0.0623. The Labute approximate surface area is 374 Å². The predicted molar refractivity (Wildman–Crippen MR) is 257 cm³/mol. The lowest BCUT2D eigenvalue weighted by Gasteiger charge is -2.18. The molecule has 0 saturated heterocycles. The zero-order valence-corrected chi connectivity index (χ0v) is 40.9. The van der Waals surface area contributed by atoms with Crippen molar-refractivity contribution in [2.45, 2.75) is 310 Å². The predicted octanol–water partition coefficient (Wildman–Crippen LogP) is 17.5. The minimum atomic E-state index is -0.760. The van der Waals surface area contributed by atoms with Gasteiger partial charge in [0.05, 0.1) is 0 Å².